The summed E-state index contributed by atoms with van der Waals surface area (Å²) in [5, 5.41) is 0. The van der Waals surface area contributed by atoms with Crippen LogP contribution in [0.25, 0.3) is 0 Å². The van der Waals surface area contributed by atoms with E-state index in [1.165, 1.54) is 13.0 Å². The summed E-state index contributed by atoms with van der Waals surface area (Å²) in [6.45, 7) is 2.24. The largest absolute Gasteiger partial charge is 0.417 e. The van der Waals surface area contributed by atoms with Gasteiger partial charge in [-0.05, 0) is 19.4 Å². The third-order valence-electron chi connectivity index (χ3n) is 2.30. The Morgan fingerprint density at radius 1 is 1.31 bits per heavy atom. The third-order valence-corrected chi connectivity index (χ3v) is 2.30. The van der Waals surface area contributed by atoms with Gasteiger partial charge in [-0.15, -0.1) is 0 Å². The summed E-state index contributed by atoms with van der Waals surface area (Å²) in [6.07, 6.45) is -4.29. The quantitative estimate of drug-likeness (QED) is 0.578. The molecule has 1 rings (SSSR count). The number of benzene rings is 1. The fourth-order valence-electron chi connectivity index (χ4n) is 1.51. The van der Waals surface area contributed by atoms with E-state index in [2.05, 4.69) is 0 Å². The molecule has 0 unspecified atom stereocenters. The number of hydrogen-bond donors (Lipinski definition) is 0. The van der Waals surface area contributed by atoms with Crippen molar-refractivity contribution in [1.29, 1.82) is 0 Å². The standard InChI is InChI=1S/C11H9F3O2/c1-6-8(5-15)3-4-9(7(2)16)10(6)11(12,13)14/h3-5H,1-2H3. The molecule has 0 aliphatic carbocycles. The maximum atomic E-state index is 12.7. The smallest absolute Gasteiger partial charge is 0.298 e. The predicted octanol–water partition coefficient (Wildman–Crippen LogP) is 3.03. The number of carbonyl (C=O) groups is 2. The Kier molecular flexibility index (Phi) is 3.16. The van der Waals surface area contributed by atoms with E-state index < -0.39 is 23.1 Å². The fraction of sp³-hybridized carbons (Fsp3) is 0.273. The van der Waals surface area contributed by atoms with Crippen molar-refractivity contribution in [1.82, 2.24) is 0 Å². The van der Waals surface area contributed by atoms with Gasteiger partial charge in [0.2, 0.25) is 0 Å². The Morgan fingerprint density at radius 2 is 1.88 bits per heavy atom. The van der Waals surface area contributed by atoms with Gasteiger partial charge in [0.15, 0.2) is 5.78 Å². The Labute approximate surface area is 90.1 Å². The van der Waals surface area contributed by atoms with Gasteiger partial charge in [-0.2, -0.15) is 13.2 Å². The summed E-state index contributed by atoms with van der Waals surface area (Å²) in [6, 6.07) is 2.25. The molecule has 0 radical (unpaired) electrons. The van der Waals surface area contributed by atoms with Crippen LogP contribution in [0.15, 0.2) is 12.1 Å². The number of aldehydes is 1. The van der Waals surface area contributed by atoms with Crippen molar-refractivity contribution in [3.63, 3.8) is 0 Å². The molecule has 0 saturated heterocycles. The molecule has 0 amide bonds. The molecular weight excluding hydrogens is 221 g/mol. The molecule has 86 valence electrons. The van der Waals surface area contributed by atoms with Crippen LogP contribution in [0.3, 0.4) is 0 Å². The van der Waals surface area contributed by atoms with Gasteiger partial charge < -0.3 is 0 Å². The summed E-state index contributed by atoms with van der Waals surface area (Å²) in [5.74, 6) is -0.673. The van der Waals surface area contributed by atoms with Crippen molar-refractivity contribution >= 4 is 12.1 Å². The normalized spacial score (nSPS) is 11.3. The molecule has 0 N–H and O–H groups in total. The molecule has 0 atom stereocenters. The van der Waals surface area contributed by atoms with Gasteiger partial charge >= 0.3 is 6.18 Å². The van der Waals surface area contributed by atoms with Gasteiger partial charge in [-0.3, -0.25) is 9.59 Å². The second-order valence-electron chi connectivity index (χ2n) is 3.37. The van der Waals surface area contributed by atoms with Crippen molar-refractivity contribution in [2.45, 2.75) is 20.0 Å². The van der Waals surface area contributed by atoms with Gasteiger partial charge in [-0.25, -0.2) is 0 Å². The summed E-state index contributed by atoms with van der Waals surface area (Å²) in [4.78, 5) is 21.6. The van der Waals surface area contributed by atoms with E-state index in [-0.39, 0.29) is 11.1 Å². The van der Waals surface area contributed by atoms with Crippen LogP contribution >= 0.6 is 0 Å². The van der Waals surface area contributed by atoms with E-state index in [4.69, 9.17) is 0 Å². The summed E-state index contributed by atoms with van der Waals surface area (Å²) < 4.78 is 38.2. The molecule has 1 aromatic carbocycles. The molecule has 1 aromatic rings. The number of halogens is 3. The summed E-state index contributed by atoms with van der Waals surface area (Å²) >= 11 is 0. The molecule has 2 nitrogen and oxygen atoms in total. The molecule has 0 spiro atoms. The highest BCUT2D eigenvalue weighted by molar-refractivity contribution is 5.97. The fourth-order valence-corrected chi connectivity index (χ4v) is 1.51. The van der Waals surface area contributed by atoms with Crippen LogP contribution in [0.5, 0.6) is 0 Å². The number of hydrogen-bond acceptors (Lipinski definition) is 2. The summed E-state index contributed by atoms with van der Waals surface area (Å²) in [7, 11) is 0. The van der Waals surface area contributed by atoms with Crippen LogP contribution in [0.1, 0.15) is 38.8 Å². The molecule has 0 heterocycles. The van der Waals surface area contributed by atoms with Crippen LogP contribution in [0.2, 0.25) is 0 Å². The van der Waals surface area contributed by atoms with Crippen LogP contribution in [0, 0.1) is 6.92 Å². The van der Waals surface area contributed by atoms with Crippen LogP contribution in [-0.2, 0) is 6.18 Å². The highest BCUT2D eigenvalue weighted by Crippen LogP contribution is 2.35. The first-order valence-corrected chi connectivity index (χ1v) is 4.46. The van der Waals surface area contributed by atoms with E-state index in [1.54, 1.807) is 0 Å². The van der Waals surface area contributed by atoms with Crippen molar-refractivity contribution in [3.05, 3.63) is 34.4 Å². The maximum absolute atomic E-state index is 12.7. The van der Waals surface area contributed by atoms with Crippen molar-refractivity contribution in [2.24, 2.45) is 0 Å². The Bertz CT molecular complexity index is 447. The Morgan fingerprint density at radius 3 is 2.25 bits per heavy atom. The Balaban J connectivity index is 3.62. The van der Waals surface area contributed by atoms with E-state index >= 15 is 0 Å². The molecule has 0 fully saturated rings. The zero-order valence-corrected chi connectivity index (χ0v) is 8.68. The van der Waals surface area contributed by atoms with Gasteiger partial charge in [0.25, 0.3) is 0 Å². The lowest BCUT2D eigenvalue weighted by molar-refractivity contribution is -0.138. The molecule has 0 bridgehead atoms. The minimum Gasteiger partial charge on any atom is -0.298 e. The van der Waals surface area contributed by atoms with E-state index in [1.807, 2.05) is 0 Å². The number of alkyl halides is 3. The molecule has 0 aliphatic heterocycles. The predicted molar refractivity (Wildman–Crippen MR) is 51.6 cm³/mol. The topological polar surface area (TPSA) is 34.1 Å². The number of rotatable bonds is 2. The first-order valence-electron chi connectivity index (χ1n) is 4.46. The van der Waals surface area contributed by atoms with Gasteiger partial charge in [0.05, 0.1) is 5.56 Å². The zero-order valence-electron chi connectivity index (χ0n) is 8.68. The molecule has 16 heavy (non-hydrogen) atoms. The maximum Gasteiger partial charge on any atom is 0.417 e. The van der Waals surface area contributed by atoms with Crippen molar-refractivity contribution in [2.75, 3.05) is 0 Å². The zero-order chi connectivity index (χ0) is 12.5. The monoisotopic (exact) mass is 230 g/mol. The molecule has 0 aromatic heterocycles. The second-order valence-corrected chi connectivity index (χ2v) is 3.37. The third kappa shape index (κ3) is 2.13. The van der Waals surface area contributed by atoms with E-state index in [0.717, 1.165) is 13.0 Å². The van der Waals surface area contributed by atoms with Crippen LogP contribution < -0.4 is 0 Å². The molecule has 0 aliphatic rings. The molecule has 0 saturated carbocycles. The first-order chi connectivity index (χ1) is 7.29. The minimum absolute atomic E-state index is 0.0580. The minimum atomic E-state index is -4.63. The van der Waals surface area contributed by atoms with Crippen LogP contribution in [0.4, 0.5) is 13.2 Å². The van der Waals surface area contributed by atoms with E-state index in [0.29, 0.717) is 6.29 Å². The van der Waals surface area contributed by atoms with E-state index in [9.17, 15) is 22.8 Å². The SMILES string of the molecule is CC(=O)c1ccc(C=O)c(C)c1C(F)(F)F. The number of Topliss-reactive ketones (excluding diaryl/α,β-unsaturated/α-hetero) is 1. The second kappa shape index (κ2) is 4.08. The van der Waals surface area contributed by atoms with Crippen molar-refractivity contribution in [3.8, 4) is 0 Å². The highest BCUT2D eigenvalue weighted by atomic mass is 19.4. The molecular formula is C11H9F3O2. The number of carbonyl (C=O) groups excluding carboxylic acids is 2. The number of ketones is 1. The average Bonchev–Trinajstić information content (AvgIpc) is 2.14. The lowest BCUT2D eigenvalue weighted by atomic mass is 9.95. The Hall–Kier alpha value is -1.65. The highest BCUT2D eigenvalue weighted by Gasteiger charge is 2.36. The van der Waals surface area contributed by atoms with Gasteiger partial charge in [-0.1, -0.05) is 12.1 Å². The van der Waals surface area contributed by atoms with Crippen LogP contribution in [-0.4, -0.2) is 12.1 Å². The lowest BCUT2D eigenvalue weighted by Gasteiger charge is -2.15. The van der Waals surface area contributed by atoms with Gasteiger partial charge in [0.1, 0.15) is 6.29 Å². The molecule has 5 heteroatoms. The van der Waals surface area contributed by atoms with Gasteiger partial charge in [0, 0.05) is 11.1 Å². The first kappa shape index (κ1) is 12.4. The summed E-state index contributed by atoms with van der Waals surface area (Å²) in [5.41, 5.74) is -1.70. The average molecular weight is 230 g/mol. The van der Waals surface area contributed by atoms with Crippen molar-refractivity contribution < 1.29 is 22.8 Å². The lowest BCUT2D eigenvalue weighted by Crippen LogP contribution is -2.15.